The third-order valence-corrected chi connectivity index (χ3v) is 4.39. The number of nitrogens with zero attached hydrogens (tertiary/aromatic N) is 1. The number of rotatable bonds is 13. The monoisotopic (exact) mass is 285 g/mol. The molecule has 0 bridgehead atoms. The van der Waals surface area contributed by atoms with E-state index in [1.54, 1.807) is 0 Å². The van der Waals surface area contributed by atoms with Gasteiger partial charge in [0.1, 0.15) is 0 Å². The minimum atomic E-state index is 0. The second-order valence-corrected chi connectivity index (χ2v) is 6.43. The summed E-state index contributed by atoms with van der Waals surface area (Å²) in [4.78, 5) is 2.70. The van der Waals surface area contributed by atoms with E-state index in [1.165, 1.54) is 82.9 Å². The van der Waals surface area contributed by atoms with E-state index in [-0.39, 0.29) is 18.9 Å². The van der Waals surface area contributed by atoms with Gasteiger partial charge in [0.2, 0.25) is 0 Å². The van der Waals surface area contributed by atoms with Crippen LogP contribution in [0.1, 0.15) is 85.0 Å². The minimum absolute atomic E-state index is 0. The van der Waals surface area contributed by atoms with Crippen LogP contribution in [-0.4, -0.2) is 24.0 Å². The first kappa shape index (κ1) is 21.2. The van der Waals surface area contributed by atoms with Crippen molar-refractivity contribution < 1.29 is 18.9 Å². The Morgan fingerprint density at radius 3 is 1.67 bits per heavy atom. The van der Waals surface area contributed by atoms with Gasteiger partial charge >= 0.3 is 18.9 Å². The molecule has 0 spiro atoms. The van der Waals surface area contributed by atoms with E-state index in [0.29, 0.717) is 6.04 Å². The van der Waals surface area contributed by atoms with Crippen LogP contribution in [0.25, 0.3) is 0 Å². The molecule has 1 nitrogen and oxygen atoms in total. The van der Waals surface area contributed by atoms with E-state index >= 15 is 0 Å². The van der Waals surface area contributed by atoms with Crippen LogP contribution in [0.2, 0.25) is 0 Å². The van der Waals surface area contributed by atoms with E-state index in [9.17, 15) is 0 Å². The molecule has 1 atom stereocenters. The van der Waals surface area contributed by atoms with Gasteiger partial charge in [-0.3, -0.25) is 0 Å². The first-order valence-electron chi connectivity index (χ1n) is 9.05. The Balaban J connectivity index is 0.00000400. The van der Waals surface area contributed by atoms with Gasteiger partial charge in [-0.2, -0.15) is 0 Å². The third-order valence-electron chi connectivity index (χ3n) is 4.39. The van der Waals surface area contributed by atoms with Gasteiger partial charge in [-0.25, -0.2) is 18.1 Å². The zero-order valence-electron chi connectivity index (χ0n) is 15.2. The number of hydrogen-bond donors (Lipinski definition) is 0. The standard InChI is InChI=1S/C19H36N.Li/c1-4-6-8-10-12-14-20(19-16-18(3)17-19)15-13-11-9-7-5-2;/h16-17,19H,4-15H2,1-3H3;/q-1;+1. The molecule has 1 rings (SSSR count). The van der Waals surface area contributed by atoms with Crippen molar-refractivity contribution in [2.75, 3.05) is 13.1 Å². The van der Waals surface area contributed by atoms with Gasteiger partial charge in [0.05, 0.1) is 0 Å². The Kier molecular flexibility index (Phi) is 13.9. The SMILES string of the molecule is CCCCCCCN(CCCCCCC)C1C=C(C)[CH-]1.[Li+]. The Morgan fingerprint density at radius 2 is 1.29 bits per heavy atom. The van der Waals surface area contributed by atoms with E-state index < -0.39 is 0 Å². The minimum Gasteiger partial charge on any atom is -0.326 e. The summed E-state index contributed by atoms with van der Waals surface area (Å²) in [6.07, 6.45) is 18.8. The van der Waals surface area contributed by atoms with Crippen molar-refractivity contribution in [3.8, 4) is 0 Å². The Morgan fingerprint density at radius 1 is 0.857 bits per heavy atom. The predicted molar refractivity (Wildman–Crippen MR) is 90.9 cm³/mol. The molecule has 21 heavy (non-hydrogen) atoms. The molecule has 0 aromatic heterocycles. The van der Waals surface area contributed by atoms with E-state index in [2.05, 4.69) is 38.2 Å². The molecule has 0 aromatic rings. The molecule has 0 aromatic carbocycles. The van der Waals surface area contributed by atoms with Crippen molar-refractivity contribution in [1.82, 2.24) is 4.90 Å². The largest absolute Gasteiger partial charge is 1.00 e. The van der Waals surface area contributed by atoms with Gasteiger partial charge in [0, 0.05) is 0 Å². The Hall–Kier alpha value is 0.167. The van der Waals surface area contributed by atoms with Gasteiger partial charge in [-0.1, -0.05) is 78.2 Å². The third kappa shape index (κ3) is 9.72. The zero-order valence-corrected chi connectivity index (χ0v) is 15.2. The molecule has 1 aliphatic rings. The number of unbranched alkanes of at least 4 members (excludes halogenated alkanes) is 8. The van der Waals surface area contributed by atoms with Crippen LogP contribution in [0.3, 0.4) is 0 Å². The summed E-state index contributed by atoms with van der Waals surface area (Å²) >= 11 is 0. The fraction of sp³-hybridized carbons (Fsp3) is 0.842. The molecule has 0 saturated carbocycles. The normalized spacial score (nSPS) is 17.0. The molecule has 0 aliphatic heterocycles. The number of hydrogen-bond acceptors (Lipinski definition) is 1. The van der Waals surface area contributed by atoms with Gasteiger partial charge in [0.25, 0.3) is 0 Å². The summed E-state index contributed by atoms with van der Waals surface area (Å²) in [6.45, 7) is 9.39. The van der Waals surface area contributed by atoms with Crippen LogP contribution < -0.4 is 18.9 Å². The van der Waals surface area contributed by atoms with Crippen molar-refractivity contribution in [3.05, 3.63) is 18.1 Å². The van der Waals surface area contributed by atoms with Crippen LogP contribution in [0, 0.1) is 6.42 Å². The first-order chi connectivity index (χ1) is 9.77. The van der Waals surface area contributed by atoms with E-state index in [4.69, 9.17) is 0 Å². The Labute approximate surface area is 146 Å². The molecule has 0 heterocycles. The second kappa shape index (κ2) is 13.8. The first-order valence-corrected chi connectivity index (χ1v) is 9.05. The van der Waals surface area contributed by atoms with Crippen molar-refractivity contribution >= 4 is 0 Å². The van der Waals surface area contributed by atoms with Gasteiger partial charge in [-0.15, -0.1) is 0 Å². The maximum atomic E-state index is 2.70. The predicted octanol–water partition coefficient (Wildman–Crippen LogP) is 2.77. The van der Waals surface area contributed by atoms with E-state index in [0.717, 1.165) is 0 Å². The average molecular weight is 285 g/mol. The zero-order chi connectivity index (χ0) is 14.6. The molecule has 1 unspecified atom stereocenters. The topological polar surface area (TPSA) is 3.24 Å². The van der Waals surface area contributed by atoms with Crippen molar-refractivity contribution in [2.24, 2.45) is 0 Å². The molecule has 0 N–H and O–H groups in total. The van der Waals surface area contributed by atoms with Gasteiger partial charge in [0.15, 0.2) is 0 Å². The summed E-state index contributed by atoms with van der Waals surface area (Å²) in [7, 11) is 0. The molecule has 0 fully saturated rings. The molecule has 0 saturated heterocycles. The maximum Gasteiger partial charge on any atom is 1.00 e. The summed E-state index contributed by atoms with van der Waals surface area (Å²) in [5, 5.41) is 0. The van der Waals surface area contributed by atoms with Crippen LogP contribution in [-0.2, 0) is 0 Å². The van der Waals surface area contributed by atoms with Crippen molar-refractivity contribution in [2.45, 2.75) is 91.0 Å². The van der Waals surface area contributed by atoms with Crippen LogP contribution in [0.5, 0.6) is 0 Å². The molecule has 1 aliphatic carbocycles. The molecule has 2 heteroatoms. The van der Waals surface area contributed by atoms with Gasteiger partial charge in [-0.05, 0) is 25.9 Å². The van der Waals surface area contributed by atoms with Crippen LogP contribution >= 0.6 is 0 Å². The van der Waals surface area contributed by atoms with Crippen molar-refractivity contribution in [1.29, 1.82) is 0 Å². The van der Waals surface area contributed by atoms with Crippen LogP contribution in [0.4, 0.5) is 0 Å². The quantitative estimate of drug-likeness (QED) is 0.286. The van der Waals surface area contributed by atoms with Crippen LogP contribution in [0.15, 0.2) is 11.6 Å². The molecule has 0 radical (unpaired) electrons. The Bertz CT molecular complexity index is 248. The fourth-order valence-electron chi connectivity index (χ4n) is 2.98. The average Bonchev–Trinajstić information content (AvgIpc) is 2.41. The second-order valence-electron chi connectivity index (χ2n) is 6.43. The molecule has 0 amide bonds. The summed E-state index contributed by atoms with van der Waals surface area (Å²) in [5.41, 5.74) is 1.47. The van der Waals surface area contributed by atoms with Crippen molar-refractivity contribution in [3.63, 3.8) is 0 Å². The smallest absolute Gasteiger partial charge is 0.326 e. The molecular formula is C19H36LiN. The fourth-order valence-corrected chi connectivity index (χ4v) is 2.98. The molecular weight excluding hydrogens is 249 g/mol. The summed E-state index contributed by atoms with van der Waals surface area (Å²) < 4.78 is 0. The summed E-state index contributed by atoms with van der Waals surface area (Å²) in [6, 6.07) is 0.646. The van der Waals surface area contributed by atoms with Gasteiger partial charge < -0.3 is 4.90 Å². The summed E-state index contributed by atoms with van der Waals surface area (Å²) in [5.74, 6) is 0. The molecule has 118 valence electrons. The maximum absolute atomic E-state index is 2.70. The van der Waals surface area contributed by atoms with E-state index in [1.807, 2.05) is 0 Å².